The fourth-order valence-electron chi connectivity index (χ4n) is 2.04. The zero-order valence-corrected chi connectivity index (χ0v) is 13.5. The second kappa shape index (κ2) is 7.72. The number of aryl methyl sites for hydroxylation is 1. The number of hydrogen-bond acceptors (Lipinski definition) is 4. The molecular weight excluding hydrogens is 290 g/mol. The second-order valence-corrected chi connectivity index (χ2v) is 5.97. The van der Waals surface area contributed by atoms with Gasteiger partial charge in [-0.1, -0.05) is 13.0 Å². The molecule has 2 aromatic heterocycles. The van der Waals surface area contributed by atoms with Gasteiger partial charge in [0.1, 0.15) is 0 Å². The van der Waals surface area contributed by atoms with Crippen LogP contribution in [0.15, 0.2) is 23.6 Å². The van der Waals surface area contributed by atoms with Gasteiger partial charge in [-0.05, 0) is 25.6 Å². The third-order valence-corrected chi connectivity index (χ3v) is 4.39. The molecule has 108 valence electrons. The SMILES string of the molecule is CCN(CCc1nc(CCl)cs1)Cc1cccc(C)n1. The van der Waals surface area contributed by atoms with Crippen molar-refractivity contribution < 1.29 is 0 Å². The minimum atomic E-state index is 0.501. The highest BCUT2D eigenvalue weighted by atomic mass is 35.5. The summed E-state index contributed by atoms with van der Waals surface area (Å²) in [6, 6.07) is 6.19. The standard InChI is InChI=1S/C15H20ClN3S/c1-3-19(10-13-6-4-5-12(2)17-13)8-7-15-18-14(9-16)11-20-15/h4-6,11H,3,7-10H2,1-2H3. The Morgan fingerprint density at radius 1 is 1.25 bits per heavy atom. The molecule has 3 nitrogen and oxygen atoms in total. The number of hydrogen-bond donors (Lipinski definition) is 0. The minimum absolute atomic E-state index is 0.501. The van der Waals surface area contributed by atoms with Crippen molar-refractivity contribution in [1.29, 1.82) is 0 Å². The molecule has 2 aromatic rings. The fourth-order valence-corrected chi connectivity index (χ4v) is 3.06. The molecule has 0 aliphatic rings. The van der Waals surface area contributed by atoms with Crippen LogP contribution in [0.2, 0.25) is 0 Å². The number of nitrogens with zero attached hydrogens (tertiary/aromatic N) is 3. The van der Waals surface area contributed by atoms with Crippen LogP contribution in [-0.4, -0.2) is 28.0 Å². The van der Waals surface area contributed by atoms with Gasteiger partial charge < -0.3 is 0 Å². The molecule has 0 amide bonds. The molecule has 0 saturated carbocycles. The predicted octanol–water partition coefficient (Wildman–Crippen LogP) is 3.65. The number of pyridine rings is 1. The van der Waals surface area contributed by atoms with Crippen LogP contribution < -0.4 is 0 Å². The Bertz CT molecular complexity index is 541. The summed E-state index contributed by atoms with van der Waals surface area (Å²) < 4.78 is 0. The van der Waals surface area contributed by atoms with Crippen molar-refractivity contribution in [1.82, 2.24) is 14.9 Å². The highest BCUT2D eigenvalue weighted by molar-refractivity contribution is 7.09. The van der Waals surface area contributed by atoms with E-state index in [1.165, 1.54) is 0 Å². The molecule has 0 aliphatic carbocycles. The number of alkyl halides is 1. The molecular formula is C15H20ClN3S. The number of likely N-dealkylation sites (N-methyl/N-ethyl adjacent to an activating group) is 1. The van der Waals surface area contributed by atoms with Crippen LogP contribution >= 0.6 is 22.9 Å². The van der Waals surface area contributed by atoms with Gasteiger partial charge in [0.25, 0.3) is 0 Å². The Labute approximate surface area is 129 Å². The van der Waals surface area contributed by atoms with Crippen molar-refractivity contribution >= 4 is 22.9 Å². The molecule has 0 fully saturated rings. The number of halogens is 1. The van der Waals surface area contributed by atoms with E-state index in [-0.39, 0.29) is 0 Å². The summed E-state index contributed by atoms with van der Waals surface area (Å²) in [7, 11) is 0. The van der Waals surface area contributed by atoms with Crippen LogP contribution in [0.3, 0.4) is 0 Å². The monoisotopic (exact) mass is 309 g/mol. The van der Waals surface area contributed by atoms with Gasteiger partial charge in [0.15, 0.2) is 0 Å². The fraction of sp³-hybridized carbons (Fsp3) is 0.467. The molecule has 0 bridgehead atoms. The molecule has 20 heavy (non-hydrogen) atoms. The Balaban J connectivity index is 1.89. The van der Waals surface area contributed by atoms with Crippen LogP contribution in [0.25, 0.3) is 0 Å². The first-order valence-electron chi connectivity index (χ1n) is 6.85. The summed E-state index contributed by atoms with van der Waals surface area (Å²) in [6.07, 6.45) is 0.973. The van der Waals surface area contributed by atoms with Gasteiger partial charge in [0.05, 0.1) is 22.3 Å². The topological polar surface area (TPSA) is 29.0 Å². The summed E-state index contributed by atoms with van der Waals surface area (Å²) in [5, 5.41) is 3.21. The van der Waals surface area contributed by atoms with E-state index in [2.05, 4.69) is 33.9 Å². The third-order valence-electron chi connectivity index (χ3n) is 3.16. The summed E-state index contributed by atoms with van der Waals surface area (Å²) in [6.45, 7) is 7.13. The van der Waals surface area contributed by atoms with Crippen LogP contribution in [-0.2, 0) is 18.8 Å². The van der Waals surface area contributed by atoms with Gasteiger partial charge in [-0.25, -0.2) is 4.98 Å². The molecule has 0 N–H and O–H groups in total. The molecule has 0 aliphatic heterocycles. The van der Waals surface area contributed by atoms with Crippen LogP contribution in [0, 0.1) is 6.92 Å². The van der Waals surface area contributed by atoms with Crippen molar-refractivity contribution in [3.63, 3.8) is 0 Å². The van der Waals surface area contributed by atoms with Crippen LogP contribution in [0.5, 0.6) is 0 Å². The molecule has 0 atom stereocenters. The molecule has 0 radical (unpaired) electrons. The smallest absolute Gasteiger partial charge is 0.0941 e. The molecule has 0 aromatic carbocycles. The van der Waals surface area contributed by atoms with Gasteiger partial charge >= 0.3 is 0 Å². The highest BCUT2D eigenvalue weighted by Gasteiger charge is 2.07. The summed E-state index contributed by atoms with van der Waals surface area (Å²) in [5.74, 6) is 0.501. The second-order valence-electron chi connectivity index (χ2n) is 4.76. The van der Waals surface area contributed by atoms with Gasteiger partial charge in [-0.15, -0.1) is 22.9 Å². The molecule has 2 rings (SSSR count). The van der Waals surface area contributed by atoms with E-state index in [0.717, 1.165) is 48.1 Å². The quantitative estimate of drug-likeness (QED) is 0.731. The maximum absolute atomic E-state index is 5.78. The van der Waals surface area contributed by atoms with Crippen molar-refractivity contribution in [2.75, 3.05) is 13.1 Å². The van der Waals surface area contributed by atoms with Crippen molar-refractivity contribution in [2.24, 2.45) is 0 Å². The lowest BCUT2D eigenvalue weighted by Crippen LogP contribution is -2.25. The number of aromatic nitrogens is 2. The maximum atomic E-state index is 5.78. The van der Waals surface area contributed by atoms with E-state index in [1.807, 2.05) is 18.4 Å². The number of rotatable bonds is 7. The lowest BCUT2D eigenvalue weighted by Gasteiger charge is -2.19. The predicted molar refractivity (Wildman–Crippen MR) is 85.3 cm³/mol. The average molecular weight is 310 g/mol. The van der Waals surface area contributed by atoms with E-state index >= 15 is 0 Å². The van der Waals surface area contributed by atoms with Crippen molar-refractivity contribution in [3.8, 4) is 0 Å². The summed E-state index contributed by atoms with van der Waals surface area (Å²) in [5.41, 5.74) is 3.19. The first-order chi connectivity index (χ1) is 9.71. The van der Waals surface area contributed by atoms with E-state index in [9.17, 15) is 0 Å². The first kappa shape index (κ1) is 15.4. The van der Waals surface area contributed by atoms with Gasteiger partial charge in [-0.2, -0.15) is 0 Å². The Kier molecular flexibility index (Phi) is 5.95. The zero-order chi connectivity index (χ0) is 14.4. The molecule has 0 unspecified atom stereocenters. The molecule has 5 heteroatoms. The lowest BCUT2D eigenvalue weighted by atomic mass is 10.3. The summed E-state index contributed by atoms with van der Waals surface area (Å²) >= 11 is 7.48. The summed E-state index contributed by atoms with van der Waals surface area (Å²) in [4.78, 5) is 11.5. The van der Waals surface area contributed by atoms with Gasteiger partial charge in [0.2, 0.25) is 0 Å². The van der Waals surface area contributed by atoms with Crippen LogP contribution in [0.1, 0.15) is 29.0 Å². The van der Waals surface area contributed by atoms with E-state index < -0.39 is 0 Å². The molecule has 0 saturated heterocycles. The molecule has 0 spiro atoms. The first-order valence-corrected chi connectivity index (χ1v) is 8.26. The minimum Gasteiger partial charge on any atom is -0.297 e. The normalized spacial score (nSPS) is 11.2. The van der Waals surface area contributed by atoms with E-state index in [0.29, 0.717) is 5.88 Å². The zero-order valence-electron chi connectivity index (χ0n) is 12.0. The van der Waals surface area contributed by atoms with Gasteiger partial charge in [0, 0.05) is 30.6 Å². The van der Waals surface area contributed by atoms with Gasteiger partial charge in [-0.3, -0.25) is 9.88 Å². The average Bonchev–Trinajstić information content (AvgIpc) is 2.91. The third kappa shape index (κ3) is 4.54. The Morgan fingerprint density at radius 2 is 2.10 bits per heavy atom. The Hall–Kier alpha value is -0.970. The molecule has 2 heterocycles. The van der Waals surface area contributed by atoms with E-state index in [4.69, 9.17) is 11.6 Å². The van der Waals surface area contributed by atoms with Crippen molar-refractivity contribution in [3.05, 3.63) is 45.7 Å². The highest BCUT2D eigenvalue weighted by Crippen LogP contribution is 2.13. The van der Waals surface area contributed by atoms with Crippen LogP contribution in [0.4, 0.5) is 0 Å². The lowest BCUT2D eigenvalue weighted by molar-refractivity contribution is 0.280. The van der Waals surface area contributed by atoms with Crippen molar-refractivity contribution in [2.45, 2.75) is 32.7 Å². The largest absolute Gasteiger partial charge is 0.297 e. The van der Waals surface area contributed by atoms with E-state index in [1.54, 1.807) is 11.3 Å². The number of thiazole rings is 1. The maximum Gasteiger partial charge on any atom is 0.0941 e. The Morgan fingerprint density at radius 3 is 2.75 bits per heavy atom.